The van der Waals surface area contributed by atoms with Crippen molar-refractivity contribution in [1.29, 1.82) is 0 Å². The predicted octanol–water partition coefficient (Wildman–Crippen LogP) is 4.55. The standard InChI is InChI=1S/C26H26N2O4S/c1-16-8-3-4-9-17(16)14-27-25(29)24-22(32-15-18-10-7-13-31-18)21-23(33-24)19-11-5-6-12-20(19)28(2)26(21)30/h3-6,8-9,11-12,18H,7,10,13-15H2,1-2H3,(H,27,29). The van der Waals surface area contributed by atoms with Crippen LogP contribution >= 0.6 is 11.3 Å². The SMILES string of the molecule is Cc1ccccc1CNC(=O)c1sc2c(c1OCC1CCCO1)c(=O)n(C)c1ccccc21. The molecule has 6 nitrogen and oxygen atoms in total. The number of thiophene rings is 1. The van der Waals surface area contributed by atoms with Gasteiger partial charge in [-0.25, -0.2) is 0 Å². The summed E-state index contributed by atoms with van der Waals surface area (Å²) in [5.74, 6) is 0.118. The van der Waals surface area contributed by atoms with Crippen molar-refractivity contribution in [3.05, 3.63) is 74.9 Å². The molecule has 0 radical (unpaired) electrons. The van der Waals surface area contributed by atoms with E-state index in [2.05, 4.69) is 5.32 Å². The smallest absolute Gasteiger partial charge is 0.265 e. The number of nitrogens with one attached hydrogen (secondary N) is 1. The molecule has 33 heavy (non-hydrogen) atoms. The Balaban J connectivity index is 1.58. The summed E-state index contributed by atoms with van der Waals surface area (Å²) in [6.45, 7) is 3.46. The molecule has 3 heterocycles. The van der Waals surface area contributed by atoms with Crippen LogP contribution in [-0.2, 0) is 18.3 Å². The second-order valence-electron chi connectivity index (χ2n) is 8.40. The third-order valence-electron chi connectivity index (χ3n) is 6.24. The lowest BCUT2D eigenvalue weighted by Crippen LogP contribution is -2.24. The van der Waals surface area contributed by atoms with Gasteiger partial charge < -0.3 is 19.4 Å². The van der Waals surface area contributed by atoms with Crippen LogP contribution in [0.15, 0.2) is 53.3 Å². The van der Waals surface area contributed by atoms with Gasteiger partial charge in [-0.1, -0.05) is 42.5 Å². The minimum Gasteiger partial charge on any atom is -0.488 e. The van der Waals surface area contributed by atoms with E-state index in [1.807, 2.05) is 55.5 Å². The van der Waals surface area contributed by atoms with Gasteiger partial charge in [0.05, 0.1) is 16.3 Å². The number of para-hydroxylation sites is 1. The Labute approximate surface area is 195 Å². The number of rotatable bonds is 6. The molecule has 5 rings (SSSR count). The molecular weight excluding hydrogens is 436 g/mol. The number of amides is 1. The Bertz CT molecular complexity index is 1400. The first-order chi connectivity index (χ1) is 16.0. The van der Waals surface area contributed by atoms with E-state index >= 15 is 0 Å². The average molecular weight is 463 g/mol. The topological polar surface area (TPSA) is 69.6 Å². The van der Waals surface area contributed by atoms with Crippen molar-refractivity contribution in [2.45, 2.75) is 32.4 Å². The number of carbonyl (C=O) groups is 1. The molecule has 4 aromatic rings. The molecule has 7 heteroatoms. The van der Waals surface area contributed by atoms with E-state index in [0.29, 0.717) is 35.8 Å². The van der Waals surface area contributed by atoms with Crippen molar-refractivity contribution in [2.24, 2.45) is 7.05 Å². The molecule has 0 spiro atoms. The van der Waals surface area contributed by atoms with Crippen molar-refractivity contribution in [3.8, 4) is 5.75 Å². The van der Waals surface area contributed by atoms with Gasteiger partial charge in [0, 0.05) is 25.6 Å². The molecule has 1 saturated heterocycles. The van der Waals surface area contributed by atoms with E-state index in [4.69, 9.17) is 9.47 Å². The minimum atomic E-state index is -0.243. The van der Waals surface area contributed by atoms with Crippen LogP contribution in [0.4, 0.5) is 0 Å². The molecule has 2 aromatic carbocycles. The lowest BCUT2D eigenvalue weighted by atomic mass is 10.1. The Morgan fingerprint density at radius 2 is 2.00 bits per heavy atom. The summed E-state index contributed by atoms with van der Waals surface area (Å²) in [6.07, 6.45) is 1.89. The highest BCUT2D eigenvalue weighted by Crippen LogP contribution is 2.40. The fourth-order valence-electron chi connectivity index (χ4n) is 4.34. The fourth-order valence-corrected chi connectivity index (χ4v) is 5.53. The van der Waals surface area contributed by atoms with Gasteiger partial charge in [-0.15, -0.1) is 11.3 Å². The maximum atomic E-state index is 13.3. The van der Waals surface area contributed by atoms with E-state index < -0.39 is 0 Å². The summed E-state index contributed by atoms with van der Waals surface area (Å²) in [6, 6.07) is 15.7. The van der Waals surface area contributed by atoms with Crippen LogP contribution in [0.25, 0.3) is 21.0 Å². The molecule has 1 fully saturated rings. The third-order valence-corrected chi connectivity index (χ3v) is 7.44. The van der Waals surface area contributed by atoms with Crippen molar-refractivity contribution >= 4 is 38.2 Å². The molecular formula is C26H26N2O4S. The Morgan fingerprint density at radius 1 is 1.21 bits per heavy atom. The lowest BCUT2D eigenvalue weighted by Gasteiger charge is -2.13. The summed E-state index contributed by atoms with van der Waals surface area (Å²) in [7, 11) is 1.75. The molecule has 1 amide bonds. The van der Waals surface area contributed by atoms with Gasteiger partial charge >= 0.3 is 0 Å². The summed E-state index contributed by atoms with van der Waals surface area (Å²) in [5.41, 5.74) is 2.83. The molecule has 0 saturated carbocycles. The van der Waals surface area contributed by atoms with Crippen LogP contribution in [0.3, 0.4) is 0 Å². The van der Waals surface area contributed by atoms with Crippen molar-refractivity contribution in [3.63, 3.8) is 0 Å². The molecule has 1 aliphatic heterocycles. The van der Waals surface area contributed by atoms with E-state index in [1.54, 1.807) is 11.6 Å². The average Bonchev–Trinajstić information content (AvgIpc) is 3.48. The molecule has 1 N–H and O–H groups in total. The number of benzene rings is 2. The van der Waals surface area contributed by atoms with Crippen LogP contribution in [-0.4, -0.2) is 29.8 Å². The van der Waals surface area contributed by atoms with Crippen LogP contribution in [0, 0.1) is 6.92 Å². The van der Waals surface area contributed by atoms with E-state index in [-0.39, 0.29) is 17.6 Å². The van der Waals surface area contributed by atoms with Crippen LogP contribution in [0.5, 0.6) is 5.75 Å². The summed E-state index contributed by atoms with van der Waals surface area (Å²) in [5, 5.41) is 4.41. The van der Waals surface area contributed by atoms with Gasteiger partial charge in [0.2, 0.25) is 0 Å². The fraction of sp³-hybridized carbons (Fsp3) is 0.308. The Hall–Kier alpha value is -3.16. The highest BCUT2D eigenvalue weighted by atomic mass is 32.1. The van der Waals surface area contributed by atoms with Gasteiger partial charge in [0.25, 0.3) is 11.5 Å². The van der Waals surface area contributed by atoms with Crippen molar-refractivity contribution in [2.75, 3.05) is 13.2 Å². The zero-order valence-electron chi connectivity index (χ0n) is 18.7. The maximum absolute atomic E-state index is 13.3. The second-order valence-corrected chi connectivity index (χ2v) is 9.42. The molecule has 1 aliphatic rings. The van der Waals surface area contributed by atoms with E-state index in [9.17, 15) is 9.59 Å². The second kappa shape index (κ2) is 9.00. The molecule has 170 valence electrons. The number of fused-ring (bicyclic) bond motifs is 3. The summed E-state index contributed by atoms with van der Waals surface area (Å²) < 4.78 is 14.3. The van der Waals surface area contributed by atoms with E-state index in [1.165, 1.54) is 11.3 Å². The quantitative estimate of drug-likeness (QED) is 0.456. The maximum Gasteiger partial charge on any atom is 0.265 e. The number of aryl methyl sites for hydroxylation is 2. The Kier molecular flexibility index (Phi) is 5.91. The van der Waals surface area contributed by atoms with Crippen LogP contribution in [0.1, 0.15) is 33.6 Å². The number of carbonyl (C=O) groups excluding carboxylic acids is 1. The monoisotopic (exact) mass is 462 g/mol. The van der Waals surface area contributed by atoms with Gasteiger partial charge in [0.15, 0.2) is 5.75 Å². The predicted molar refractivity (Wildman–Crippen MR) is 131 cm³/mol. The Morgan fingerprint density at radius 3 is 2.79 bits per heavy atom. The number of hydrogen-bond acceptors (Lipinski definition) is 5. The zero-order valence-corrected chi connectivity index (χ0v) is 19.5. The molecule has 0 bridgehead atoms. The van der Waals surface area contributed by atoms with Gasteiger partial charge in [-0.05, 0) is 37.0 Å². The molecule has 2 aromatic heterocycles. The number of nitrogens with zero attached hydrogens (tertiary/aromatic N) is 1. The van der Waals surface area contributed by atoms with Gasteiger partial charge in [0.1, 0.15) is 16.9 Å². The van der Waals surface area contributed by atoms with Crippen molar-refractivity contribution in [1.82, 2.24) is 9.88 Å². The zero-order chi connectivity index (χ0) is 22.9. The number of hydrogen-bond donors (Lipinski definition) is 1. The molecule has 1 unspecified atom stereocenters. The molecule has 0 aliphatic carbocycles. The minimum absolute atomic E-state index is 0.0212. The van der Waals surface area contributed by atoms with Crippen molar-refractivity contribution < 1.29 is 14.3 Å². The number of pyridine rings is 1. The first kappa shape index (κ1) is 21.7. The van der Waals surface area contributed by atoms with Gasteiger partial charge in [-0.3, -0.25) is 9.59 Å². The highest BCUT2D eigenvalue weighted by Gasteiger charge is 2.26. The largest absolute Gasteiger partial charge is 0.488 e. The number of ether oxygens (including phenoxy) is 2. The lowest BCUT2D eigenvalue weighted by molar-refractivity contribution is 0.0678. The highest BCUT2D eigenvalue weighted by molar-refractivity contribution is 7.22. The first-order valence-corrected chi connectivity index (χ1v) is 12.0. The summed E-state index contributed by atoms with van der Waals surface area (Å²) in [4.78, 5) is 27.1. The van der Waals surface area contributed by atoms with E-state index in [0.717, 1.165) is 39.6 Å². The summed E-state index contributed by atoms with van der Waals surface area (Å²) >= 11 is 1.32. The normalized spacial score (nSPS) is 15.9. The number of aromatic nitrogens is 1. The van der Waals surface area contributed by atoms with Gasteiger partial charge in [-0.2, -0.15) is 0 Å². The first-order valence-electron chi connectivity index (χ1n) is 11.2. The van der Waals surface area contributed by atoms with Crippen LogP contribution < -0.4 is 15.6 Å². The van der Waals surface area contributed by atoms with Crippen LogP contribution in [0.2, 0.25) is 0 Å². The third kappa shape index (κ3) is 4.03. The molecule has 1 atom stereocenters.